The van der Waals surface area contributed by atoms with Crippen LogP contribution in [0.15, 0.2) is 30.9 Å². The highest BCUT2D eigenvalue weighted by atomic mass is 35.5. The molecule has 1 aromatic heterocycles. The molecule has 2 heterocycles. The quantitative estimate of drug-likeness (QED) is 0.908. The van der Waals surface area contributed by atoms with Gasteiger partial charge >= 0.3 is 0 Å². The third-order valence-corrected chi connectivity index (χ3v) is 4.10. The average Bonchev–Trinajstić information content (AvgIpc) is 3.11. The number of para-hydroxylation sites is 1. The van der Waals surface area contributed by atoms with E-state index in [0.29, 0.717) is 22.9 Å². The summed E-state index contributed by atoms with van der Waals surface area (Å²) in [6, 6.07) is 5.37. The van der Waals surface area contributed by atoms with Crippen LogP contribution in [0.25, 0.3) is 5.69 Å². The molecule has 1 aromatic carbocycles. The fourth-order valence-electron chi connectivity index (χ4n) is 2.46. The van der Waals surface area contributed by atoms with Gasteiger partial charge in [-0.25, -0.2) is 9.67 Å². The van der Waals surface area contributed by atoms with Crippen molar-refractivity contribution in [1.82, 2.24) is 20.1 Å². The van der Waals surface area contributed by atoms with E-state index in [0.717, 1.165) is 13.0 Å². The number of hydrogen-bond acceptors (Lipinski definition) is 4. The van der Waals surface area contributed by atoms with Crippen molar-refractivity contribution >= 4 is 23.2 Å². The summed E-state index contributed by atoms with van der Waals surface area (Å²) in [5, 5.41) is 10.8. The summed E-state index contributed by atoms with van der Waals surface area (Å²) in [4.78, 5) is 16.5. The van der Waals surface area contributed by atoms with Crippen LogP contribution < -0.4 is 10.6 Å². The van der Waals surface area contributed by atoms with E-state index < -0.39 is 5.41 Å². The Morgan fingerprint density at radius 3 is 3.05 bits per heavy atom. The van der Waals surface area contributed by atoms with Gasteiger partial charge in [0, 0.05) is 6.54 Å². The van der Waals surface area contributed by atoms with Gasteiger partial charge in [0.2, 0.25) is 5.91 Å². The molecule has 7 heteroatoms. The zero-order valence-corrected chi connectivity index (χ0v) is 12.4. The molecule has 1 aliphatic heterocycles. The minimum Gasteiger partial charge on any atom is -0.324 e. The largest absolute Gasteiger partial charge is 0.324 e. The lowest BCUT2D eigenvalue weighted by molar-refractivity contribution is -0.123. The lowest BCUT2D eigenvalue weighted by atomic mass is 9.88. The van der Waals surface area contributed by atoms with Crippen LogP contribution in [0.5, 0.6) is 0 Å². The van der Waals surface area contributed by atoms with E-state index in [-0.39, 0.29) is 5.91 Å². The van der Waals surface area contributed by atoms with Crippen molar-refractivity contribution in [1.29, 1.82) is 0 Å². The Hall–Kier alpha value is -1.92. The van der Waals surface area contributed by atoms with Crippen molar-refractivity contribution in [3.05, 3.63) is 35.9 Å². The molecule has 21 heavy (non-hydrogen) atoms. The van der Waals surface area contributed by atoms with Gasteiger partial charge in [0.25, 0.3) is 0 Å². The van der Waals surface area contributed by atoms with E-state index in [1.165, 1.54) is 6.33 Å². The topological polar surface area (TPSA) is 71.8 Å². The molecule has 1 fully saturated rings. The van der Waals surface area contributed by atoms with Crippen LogP contribution in [0.3, 0.4) is 0 Å². The minimum absolute atomic E-state index is 0.0175. The van der Waals surface area contributed by atoms with Crippen LogP contribution in [-0.4, -0.2) is 33.8 Å². The van der Waals surface area contributed by atoms with Gasteiger partial charge in [0.15, 0.2) is 0 Å². The van der Waals surface area contributed by atoms with Crippen LogP contribution in [0, 0.1) is 5.41 Å². The normalized spacial score (nSPS) is 21.4. The Balaban J connectivity index is 1.93. The zero-order valence-electron chi connectivity index (χ0n) is 11.6. The third kappa shape index (κ3) is 2.64. The molecule has 0 spiro atoms. The molecule has 2 N–H and O–H groups in total. The van der Waals surface area contributed by atoms with Crippen LogP contribution in [0.4, 0.5) is 5.69 Å². The number of nitrogens with zero attached hydrogens (tertiary/aromatic N) is 3. The second-order valence-corrected chi connectivity index (χ2v) is 5.82. The third-order valence-electron chi connectivity index (χ3n) is 3.80. The maximum Gasteiger partial charge on any atom is 0.231 e. The summed E-state index contributed by atoms with van der Waals surface area (Å²) in [5.74, 6) is -0.0175. The summed E-state index contributed by atoms with van der Waals surface area (Å²) in [5.41, 5.74) is 0.854. The fraction of sp³-hybridized carbons (Fsp3) is 0.357. The lowest BCUT2D eigenvalue weighted by Gasteiger charge is -2.22. The number of carbonyl (C=O) groups excluding carboxylic acids is 1. The number of carbonyl (C=O) groups is 1. The molecule has 6 nitrogen and oxygen atoms in total. The molecule has 1 saturated heterocycles. The fourth-order valence-corrected chi connectivity index (χ4v) is 2.72. The predicted molar refractivity (Wildman–Crippen MR) is 80.6 cm³/mol. The van der Waals surface area contributed by atoms with Crippen molar-refractivity contribution in [2.24, 2.45) is 5.41 Å². The van der Waals surface area contributed by atoms with Crippen molar-refractivity contribution < 1.29 is 4.79 Å². The molecule has 0 radical (unpaired) electrons. The monoisotopic (exact) mass is 305 g/mol. The van der Waals surface area contributed by atoms with Gasteiger partial charge in [0.05, 0.1) is 16.1 Å². The number of aromatic nitrogens is 3. The molecule has 0 bridgehead atoms. The number of nitrogens with one attached hydrogen (secondary N) is 2. The number of benzene rings is 1. The van der Waals surface area contributed by atoms with Crippen LogP contribution in [-0.2, 0) is 4.79 Å². The number of anilines is 1. The first kappa shape index (κ1) is 14.0. The van der Waals surface area contributed by atoms with E-state index in [1.54, 1.807) is 23.1 Å². The highest BCUT2D eigenvalue weighted by molar-refractivity contribution is 6.33. The van der Waals surface area contributed by atoms with Gasteiger partial charge in [-0.1, -0.05) is 17.7 Å². The van der Waals surface area contributed by atoms with Crippen molar-refractivity contribution in [2.45, 2.75) is 13.3 Å². The molecular weight excluding hydrogens is 290 g/mol. The molecule has 1 aliphatic rings. The van der Waals surface area contributed by atoms with E-state index in [1.807, 2.05) is 13.0 Å². The second-order valence-electron chi connectivity index (χ2n) is 5.42. The number of amides is 1. The molecule has 1 unspecified atom stereocenters. The number of rotatable bonds is 3. The molecule has 0 aliphatic carbocycles. The SMILES string of the molecule is CC1(C(=O)Nc2cccc(Cl)c2-n2cncn2)CCNC1. The summed E-state index contributed by atoms with van der Waals surface area (Å²) in [7, 11) is 0. The van der Waals surface area contributed by atoms with E-state index >= 15 is 0 Å². The summed E-state index contributed by atoms with van der Waals surface area (Å²) in [6.07, 6.45) is 3.80. The Morgan fingerprint density at radius 2 is 2.38 bits per heavy atom. The smallest absolute Gasteiger partial charge is 0.231 e. The molecule has 2 aromatic rings. The molecule has 3 rings (SSSR count). The van der Waals surface area contributed by atoms with Gasteiger partial charge in [-0.15, -0.1) is 0 Å². The van der Waals surface area contributed by atoms with E-state index in [2.05, 4.69) is 20.7 Å². The van der Waals surface area contributed by atoms with Gasteiger partial charge in [-0.2, -0.15) is 5.10 Å². The van der Waals surface area contributed by atoms with Crippen LogP contribution in [0.2, 0.25) is 5.02 Å². The first-order chi connectivity index (χ1) is 10.1. The lowest BCUT2D eigenvalue weighted by Crippen LogP contribution is -2.35. The van der Waals surface area contributed by atoms with Crippen molar-refractivity contribution in [3.8, 4) is 5.69 Å². The molecule has 0 saturated carbocycles. The Kier molecular flexibility index (Phi) is 3.65. The first-order valence-electron chi connectivity index (χ1n) is 6.76. The Bertz CT molecular complexity index is 649. The molecular formula is C14H16ClN5O. The molecule has 1 amide bonds. The van der Waals surface area contributed by atoms with Gasteiger partial charge in [-0.05, 0) is 32.0 Å². The maximum atomic E-state index is 12.5. The van der Waals surface area contributed by atoms with Crippen molar-refractivity contribution in [2.75, 3.05) is 18.4 Å². The van der Waals surface area contributed by atoms with E-state index in [9.17, 15) is 4.79 Å². The highest BCUT2D eigenvalue weighted by Crippen LogP contribution is 2.31. The number of halogens is 1. The summed E-state index contributed by atoms with van der Waals surface area (Å²) >= 11 is 6.25. The van der Waals surface area contributed by atoms with Gasteiger partial charge in [-0.3, -0.25) is 4.79 Å². The average molecular weight is 306 g/mol. The minimum atomic E-state index is -0.401. The second kappa shape index (κ2) is 5.46. The Morgan fingerprint density at radius 1 is 1.52 bits per heavy atom. The maximum absolute atomic E-state index is 12.5. The number of hydrogen-bond donors (Lipinski definition) is 2. The van der Waals surface area contributed by atoms with Gasteiger partial charge < -0.3 is 10.6 Å². The highest BCUT2D eigenvalue weighted by Gasteiger charge is 2.36. The Labute approximate surface area is 127 Å². The van der Waals surface area contributed by atoms with Crippen molar-refractivity contribution in [3.63, 3.8) is 0 Å². The van der Waals surface area contributed by atoms with E-state index in [4.69, 9.17) is 11.6 Å². The van der Waals surface area contributed by atoms with Gasteiger partial charge in [0.1, 0.15) is 18.3 Å². The standard InChI is InChI=1S/C14H16ClN5O/c1-14(5-6-16-7-14)13(21)19-11-4-2-3-10(15)12(11)20-9-17-8-18-20/h2-4,8-9,16H,5-7H2,1H3,(H,19,21). The molecule has 1 atom stereocenters. The first-order valence-corrected chi connectivity index (χ1v) is 7.14. The van der Waals surface area contributed by atoms with Crippen LogP contribution >= 0.6 is 11.6 Å². The summed E-state index contributed by atoms with van der Waals surface area (Å²) < 4.78 is 1.55. The zero-order chi connectivity index (χ0) is 14.9. The molecule has 110 valence electrons. The van der Waals surface area contributed by atoms with Crippen LogP contribution in [0.1, 0.15) is 13.3 Å². The predicted octanol–water partition coefficient (Wildman–Crippen LogP) is 1.86. The summed E-state index contributed by atoms with van der Waals surface area (Å²) in [6.45, 7) is 3.50.